The lowest BCUT2D eigenvalue weighted by atomic mass is 9.97. The Bertz CT molecular complexity index is 1210. The van der Waals surface area contributed by atoms with E-state index in [4.69, 9.17) is 0 Å². The van der Waals surface area contributed by atoms with Crippen LogP contribution in [0.1, 0.15) is 33.1 Å². The Balaban J connectivity index is 1.56. The predicted octanol–water partition coefficient (Wildman–Crippen LogP) is 4.94. The van der Waals surface area contributed by atoms with Crippen LogP contribution in [0.15, 0.2) is 79.0 Å². The minimum absolute atomic E-state index is 0.0153. The van der Waals surface area contributed by atoms with Gasteiger partial charge in [0.05, 0.1) is 12.6 Å². The average Bonchev–Trinajstić information content (AvgIpc) is 3.21. The molecule has 0 spiro atoms. The van der Waals surface area contributed by atoms with Crippen LogP contribution in [0.25, 0.3) is 10.9 Å². The predicted molar refractivity (Wildman–Crippen MR) is 124 cm³/mol. The molecule has 0 fully saturated rings. The van der Waals surface area contributed by atoms with E-state index < -0.39 is 6.04 Å². The SMILES string of the molecule is Cc1cccc(C)c1NC(=O)CNC(C(=O)c1c[nH]c2ccccc12)c1ccccc1. The van der Waals surface area contributed by atoms with Gasteiger partial charge < -0.3 is 10.3 Å². The molecule has 0 bridgehead atoms. The molecular formula is C26H25N3O2. The number of Topliss-reactive ketones (excluding diaryl/α,β-unsaturated/α-hetero) is 1. The largest absolute Gasteiger partial charge is 0.360 e. The third kappa shape index (κ3) is 4.42. The summed E-state index contributed by atoms with van der Waals surface area (Å²) in [4.78, 5) is 29.3. The van der Waals surface area contributed by atoms with Crippen LogP contribution in [0.4, 0.5) is 5.69 Å². The van der Waals surface area contributed by atoms with Crippen molar-refractivity contribution < 1.29 is 9.59 Å². The van der Waals surface area contributed by atoms with E-state index in [0.717, 1.165) is 33.3 Å². The molecule has 0 aliphatic carbocycles. The highest BCUT2D eigenvalue weighted by Crippen LogP contribution is 2.25. The molecule has 0 saturated heterocycles. The Hall–Kier alpha value is -3.70. The number of nitrogens with one attached hydrogen (secondary N) is 3. The minimum Gasteiger partial charge on any atom is -0.360 e. The Morgan fingerprint density at radius 1 is 0.871 bits per heavy atom. The highest BCUT2D eigenvalue weighted by molar-refractivity contribution is 6.10. The normalized spacial score (nSPS) is 11.9. The van der Waals surface area contributed by atoms with Gasteiger partial charge in [-0.05, 0) is 36.6 Å². The van der Waals surface area contributed by atoms with Crippen LogP contribution in [0.2, 0.25) is 0 Å². The number of aryl methyl sites for hydroxylation is 2. The van der Waals surface area contributed by atoms with Crippen molar-refractivity contribution in [2.45, 2.75) is 19.9 Å². The van der Waals surface area contributed by atoms with Gasteiger partial charge in [-0.3, -0.25) is 14.9 Å². The summed E-state index contributed by atoms with van der Waals surface area (Å²) in [6.45, 7) is 3.94. The van der Waals surface area contributed by atoms with Crippen LogP contribution < -0.4 is 10.6 Å². The number of ketones is 1. The van der Waals surface area contributed by atoms with E-state index in [2.05, 4.69) is 15.6 Å². The topological polar surface area (TPSA) is 74.0 Å². The van der Waals surface area contributed by atoms with E-state index >= 15 is 0 Å². The number of para-hydroxylation sites is 2. The van der Waals surface area contributed by atoms with E-state index in [0.29, 0.717) is 5.56 Å². The lowest BCUT2D eigenvalue weighted by molar-refractivity contribution is -0.115. The summed E-state index contributed by atoms with van der Waals surface area (Å²) in [5.74, 6) is -0.270. The highest BCUT2D eigenvalue weighted by atomic mass is 16.2. The molecule has 1 atom stereocenters. The Kier molecular flexibility index (Phi) is 5.96. The van der Waals surface area contributed by atoms with E-state index in [9.17, 15) is 9.59 Å². The number of H-pyrrole nitrogens is 1. The number of hydrogen-bond acceptors (Lipinski definition) is 3. The number of anilines is 1. The quantitative estimate of drug-likeness (QED) is 0.377. The van der Waals surface area contributed by atoms with E-state index in [1.807, 2.05) is 86.6 Å². The number of aromatic nitrogens is 1. The molecule has 0 radical (unpaired) electrons. The van der Waals surface area contributed by atoms with Gasteiger partial charge in [0.15, 0.2) is 5.78 Å². The van der Waals surface area contributed by atoms with Gasteiger partial charge in [-0.2, -0.15) is 0 Å². The van der Waals surface area contributed by atoms with Crippen molar-refractivity contribution in [3.05, 3.63) is 101 Å². The summed E-state index contributed by atoms with van der Waals surface area (Å²) in [5.41, 5.74) is 5.15. The molecule has 156 valence electrons. The standard InChI is InChI=1S/C26H25N3O2/c1-17-9-8-10-18(2)24(17)29-23(30)16-28-25(19-11-4-3-5-12-19)26(31)21-15-27-22-14-7-6-13-20(21)22/h3-15,25,27-28H,16H2,1-2H3,(H,29,30). The molecule has 3 N–H and O–H groups in total. The molecule has 0 saturated carbocycles. The summed E-state index contributed by atoms with van der Waals surface area (Å²) < 4.78 is 0. The minimum atomic E-state index is -0.635. The van der Waals surface area contributed by atoms with Crippen LogP contribution in [-0.4, -0.2) is 23.2 Å². The first-order valence-corrected chi connectivity index (χ1v) is 10.3. The second-order valence-corrected chi connectivity index (χ2v) is 7.65. The molecule has 31 heavy (non-hydrogen) atoms. The van der Waals surface area contributed by atoms with E-state index in [1.165, 1.54) is 0 Å². The van der Waals surface area contributed by atoms with E-state index in [1.54, 1.807) is 6.20 Å². The fraction of sp³-hybridized carbons (Fsp3) is 0.154. The first kappa shape index (κ1) is 20.6. The molecule has 5 nitrogen and oxygen atoms in total. The fourth-order valence-corrected chi connectivity index (χ4v) is 3.83. The number of aromatic amines is 1. The number of carbonyl (C=O) groups is 2. The molecule has 0 aliphatic rings. The van der Waals surface area contributed by atoms with Crippen molar-refractivity contribution in [3.8, 4) is 0 Å². The van der Waals surface area contributed by atoms with Gasteiger partial charge in [0.2, 0.25) is 5.91 Å². The summed E-state index contributed by atoms with van der Waals surface area (Å²) >= 11 is 0. The molecule has 4 rings (SSSR count). The fourth-order valence-electron chi connectivity index (χ4n) is 3.83. The maximum atomic E-state index is 13.5. The Labute approximate surface area is 181 Å². The van der Waals surface area contributed by atoms with Crippen molar-refractivity contribution in [2.75, 3.05) is 11.9 Å². The molecule has 5 heteroatoms. The number of rotatable bonds is 7. The van der Waals surface area contributed by atoms with E-state index in [-0.39, 0.29) is 18.2 Å². The number of amides is 1. The van der Waals surface area contributed by atoms with Crippen LogP contribution in [0.3, 0.4) is 0 Å². The molecule has 1 unspecified atom stereocenters. The summed E-state index contributed by atoms with van der Waals surface area (Å²) in [6, 6.07) is 22.4. The summed E-state index contributed by atoms with van der Waals surface area (Å²) in [6.07, 6.45) is 1.74. The molecule has 1 heterocycles. The zero-order chi connectivity index (χ0) is 21.8. The van der Waals surface area contributed by atoms with Gasteiger partial charge in [0.25, 0.3) is 0 Å². The summed E-state index contributed by atoms with van der Waals surface area (Å²) in [5, 5.41) is 7.01. The Morgan fingerprint density at radius 3 is 2.29 bits per heavy atom. The molecule has 0 aliphatic heterocycles. The first-order chi connectivity index (χ1) is 15.0. The molecule has 3 aromatic carbocycles. The third-order valence-electron chi connectivity index (χ3n) is 5.46. The van der Waals surface area contributed by atoms with Crippen LogP contribution >= 0.6 is 0 Å². The van der Waals surface area contributed by atoms with Gasteiger partial charge >= 0.3 is 0 Å². The lowest BCUT2D eigenvalue weighted by Crippen LogP contribution is -2.35. The second-order valence-electron chi connectivity index (χ2n) is 7.65. The van der Waals surface area contributed by atoms with Crippen molar-refractivity contribution in [1.29, 1.82) is 0 Å². The molecular weight excluding hydrogens is 386 g/mol. The Morgan fingerprint density at radius 2 is 1.55 bits per heavy atom. The van der Waals surface area contributed by atoms with Crippen molar-refractivity contribution >= 4 is 28.3 Å². The number of fused-ring (bicyclic) bond motifs is 1. The number of carbonyl (C=O) groups excluding carboxylic acids is 2. The summed E-state index contributed by atoms with van der Waals surface area (Å²) in [7, 11) is 0. The van der Waals surface area contributed by atoms with Gasteiger partial charge in [-0.1, -0.05) is 66.7 Å². The average molecular weight is 412 g/mol. The van der Waals surface area contributed by atoms with Gasteiger partial charge in [0.1, 0.15) is 0 Å². The maximum absolute atomic E-state index is 13.5. The van der Waals surface area contributed by atoms with Crippen LogP contribution in [-0.2, 0) is 4.79 Å². The maximum Gasteiger partial charge on any atom is 0.238 e. The zero-order valence-electron chi connectivity index (χ0n) is 17.6. The molecule has 1 amide bonds. The lowest BCUT2D eigenvalue weighted by Gasteiger charge is -2.18. The van der Waals surface area contributed by atoms with Crippen LogP contribution in [0.5, 0.6) is 0 Å². The zero-order valence-corrected chi connectivity index (χ0v) is 17.6. The number of benzene rings is 3. The monoisotopic (exact) mass is 411 g/mol. The third-order valence-corrected chi connectivity index (χ3v) is 5.46. The first-order valence-electron chi connectivity index (χ1n) is 10.3. The molecule has 1 aromatic heterocycles. The number of hydrogen-bond donors (Lipinski definition) is 3. The van der Waals surface area contributed by atoms with Gasteiger partial charge in [0, 0.05) is 28.4 Å². The van der Waals surface area contributed by atoms with Gasteiger partial charge in [-0.15, -0.1) is 0 Å². The molecule has 4 aromatic rings. The van der Waals surface area contributed by atoms with Crippen molar-refractivity contribution in [1.82, 2.24) is 10.3 Å². The second kappa shape index (κ2) is 8.98. The smallest absolute Gasteiger partial charge is 0.238 e. The van der Waals surface area contributed by atoms with Crippen molar-refractivity contribution in [2.24, 2.45) is 0 Å². The van der Waals surface area contributed by atoms with Crippen molar-refractivity contribution in [3.63, 3.8) is 0 Å². The highest BCUT2D eigenvalue weighted by Gasteiger charge is 2.24. The van der Waals surface area contributed by atoms with Crippen LogP contribution in [0, 0.1) is 13.8 Å². The van der Waals surface area contributed by atoms with Gasteiger partial charge in [-0.25, -0.2) is 0 Å².